The van der Waals surface area contributed by atoms with Crippen LogP contribution in [0.5, 0.6) is 0 Å². The largest absolute Gasteiger partial charge is 0.352 e. The lowest BCUT2D eigenvalue weighted by Crippen LogP contribution is -2.50. The molecular formula is C19H35N3O. The van der Waals surface area contributed by atoms with Crippen molar-refractivity contribution in [2.45, 2.75) is 82.7 Å². The van der Waals surface area contributed by atoms with Crippen molar-refractivity contribution in [3.63, 3.8) is 0 Å². The van der Waals surface area contributed by atoms with E-state index < -0.39 is 0 Å². The van der Waals surface area contributed by atoms with Crippen molar-refractivity contribution in [1.82, 2.24) is 15.1 Å². The van der Waals surface area contributed by atoms with Crippen LogP contribution in [0.1, 0.15) is 70.6 Å². The van der Waals surface area contributed by atoms with Crippen molar-refractivity contribution < 1.29 is 4.79 Å². The second-order valence-corrected chi connectivity index (χ2v) is 7.88. The van der Waals surface area contributed by atoms with Crippen LogP contribution < -0.4 is 5.32 Å². The van der Waals surface area contributed by atoms with E-state index in [0.29, 0.717) is 18.6 Å². The van der Waals surface area contributed by atoms with E-state index in [9.17, 15) is 4.79 Å². The normalized spacial score (nSPS) is 29.1. The van der Waals surface area contributed by atoms with Gasteiger partial charge in [-0.25, -0.2) is 0 Å². The van der Waals surface area contributed by atoms with E-state index in [0.717, 1.165) is 13.1 Å². The van der Waals surface area contributed by atoms with Gasteiger partial charge in [-0.15, -0.1) is 0 Å². The third kappa shape index (κ3) is 5.46. The molecule has 0 spiro atoms. The summed E-state index contributed by atoms with van der Waals surface area (Å²) in [6, 6.07) is 1.13. The Kier molecular flexibility index (Phi) is 6.76. The number of nitrogens with zero attached hydrogens (tertiary/aromatic N) is 2. The number of hydrogen-bond acceptors (Lipinski definition) is 3. The van der Waals surface area contributed by atoms with Crippen molar-refractivity contribution in [2.24, 2.45) is 0 Å². The molecular weight excluding hydrogens is 286 g/mol. The number of rotatable bonds is 4. The third-order valence-corrected chi connectivity index (χ3v) is 5.98. The number of carbonyl (C=O) groups excluding carboxylic acids is 1. The molecule has 3 fully saturated rings. The van der Waals surface area contributed by atoms with Gasteiger partial charge in [-0.3, -0.25) is 14.6 Å². The zero-order chi connectivity index (χ0) is 15.9. The van der Waals surface area contributed by atoms with Crippen molar-refractivity contribution in [2.75, 3.05) is 32.7 Å². The van der Waals surface area contributed by atoms with Crippen LogP contribution in [0, 0.1) is 0 Å². The summed E-state index contributed by atoms with van der Waals surface area (Å²) in [5, 5.41) is 3.32. The number of likely N-dealkylation sites (tertiary alicyclic amines) is 2. The van der Waals surface area contributed by atoms with Crippen molar-refractivity contribution in [1.29, 1.82) is 0 Å². The molecule has 3 rings (SSSR count). The zero-order valence-corrected chi connectivity index (χ0v) is 14.8. The Morgan fingerprint density at radius 3 is 2.26 bits per heavy atom. The number of carbonyl (C=O) groups is 1. The minimum Gasteiger partial charge on any atom is -0.352 e. The SMILES string of the molecule is O=C(CN1CCCC(N2CCCC2)C1)NC1CCCCCCC1. The number of nitrogens with one attached hydrogen (secondary N) is 1. The minimum absolute atomic E-state index is 0.262. The smallest absolute Gasteiger partial charge is 0.234 e. The van der Waals surface area contributed by atoms with Gasteiger partial charge in [0.2, 0.25) is 5.91 Å². The Morgan fingerprint density at radius 2 is 1.52 bits per heavy atom. The van der Waals surface area contributed by atoms with Crippen LogP contribution in [0.15, 0.2) is 0 Å². The Labute approximate surface area is 142 Å². The molecule has 0 bridgehead atoms. The predicted octanol–water partition coefficient (Wildman–Crippen LogP) is 2.78. The highest BCUT2D eigenvalue weighted by Crippen LogP contribution is 2.20. The molecule has 0 aromatic heterocycles. The van der Waals surface area contributed by atoms with Crippen molar-refractivity contribution in [3.8, 4) is 0 Å². The summed E-state index contributed by atoms with van der Waals surface area (Å²) >= 11 is 0. The number of amides is 1. The summed E-state index contributed by atoms with van der Waals surface area (Å²) in [5.41, 5.74) is 0. The first kappa shape index (κ1) is 17.2. The Balaban J connectivity index is 1.41. The van der Waals surface area contributed by atoms with Gasteiger partial charge in [0.1, 0.15) is 0 Å². The van der Waals surface area contributed by atoms with Crippen LogP contribution in [0.4, 0.5) is 0 Å². The molecule has 2 saturated heterocycles. The van der Waals surface area contributed by atoms with E-state index in [1.165, 1.54) is 83.7 Å². The van der Waals surface area contributed by atoms with E-state index >= 15 is 0 Å². The maximum absolute atomic E-state index is 12.4. The molecule has 1 aliphatic carbocycles. The zero-order valence-electron chi connectivity index (χ0n) is 14.8. The van der Waals surface area contributed by atoms with Gasteiger partial charge >= 0.3 is 0 Å². The molecule has 4 heteroatoms. The lowest BCUT2D eigenvalue weighted by Gasteiger charge is -2.37. The van der Waals surface area contributed by atoms with Crippen LogP contribution in [0.2, 0.25) is 0 Å². The lowest BCUT2D eigenvalue weighted by atomic mass is 9.96. The first-order valence-corrected chi connectivity index (χ1v) is 10.1. The molecule has 1 unspecified atom stereocenters. The molecule has 3 aliphatic rings. The summed E-state index contributed by atoms with van der Waals surface area (Å²) < 4.78 is 0. The average molecular weight is 322 g/mol. The Bertz CT molecular complexity index is 360. The molecule has 4 nitrogen and oxygen atoms in total. The molecule has 0 aromatic carbocycles. The first-order chi connectivity index (χ1) is 11.3. The van der Waals surface area contributed by atoms with Gasteiger partial charge in [0.15, 0.2) is 0 Å². The summed E-state index contributed by atoms with van der Waals surface area (Å²) in [4.78, 5) is 17.5. The maximum Gasteiger partial charge on any atom is 0.234 e. The second-order valence-electron chi connectivity index (χ2n) is 7.88. The fourth-order valence-corrected chi connectivity index (χ4v) is 4.66. The van der Waals surface area contributed by atoms with Gasteiger partial charge in [0.05, 0.1) is 6.54 Å². The van der Waals surface area contributed by atoms with Crippen LogP contribution >= 0.6 is 0 Å². The molecule has 0 aromatic rings. The molecule has 1 atom stereocenters. The van der Waals surface area contributed by atoms with Gasteiger partial charge in [-0.1, -0.05) is 32.1 Å². The van der Waals surface area contributed by atoms with Gasteiger partial charge in [0.25, 0.3) is 0 Å². The quantitative estimate of drug-likeness (QED) is 0.865. The summed E-state index contributed by atoms with van der Waals surface area (Å²) in [6.07, 6.45) is 14.3. The average Bonchev–Trinajstić information content (AvgIpc) is 3.04. The second kappa shape index (κ2) is 9.03. The highest BCUT2D eigenvalue weighted by Gasteiger charge is 2.28. The lowest BCUT2D eigenvalue weighted by molar-refractivity contribution is -0.123. The number of piperidine rings is 1. The molecule has 132 valence electrons. The van der Waals surface area contributed by atoms with Gasteiger partial charge in [-0.2, -0.15) is 0 Å². The standard InChI is InChI=1S/C19H35N3O/c23-19(20-17-9-4-2-1-3-5-10-17)16-21-12-8-11-18(15-21)22-13-6-7-14-22/h17-18H,1-16H2,(H,20,23). The third-order valence-electron chi connectivity index (χ3n) is 5.98. The van der Waals surface area contributed by atoms with Crippen molar-refractivity contribution >= 4 is 5.91 Å². The van der Waals surface area contributed by atoms with E-state index in [-0.39, 0.29) is 5.91 Å². The predicted molar refractivity (Wildman–Crippen MR) is 94.5 cm³/mol. The summed E-state index contributed by atoms with van der Waals surface area (Å²) in [6.45, 7) is 5.35. The molecule has 23 heavy (non-hydrogen) atoms. The summed E-state index contributed by atoms with van der Waals surface area (Å²) in [5.74, 6) is 0.262. The molecule has 1 amide bonds. The Morgan fingerprint density at radius 1 is 0.826 bits per heavy atom. The molecule has 1 N–H and O–H groups in total. The maximum atomic E-state index is 12.4. The topological polar surface area (TPSA) is 35.6 Å². The summed E-state index contributed by atoms with van der Waals surface area (Å²) in [7, 11) is 0. The fourth-order valence-electron chi connectivity index (χ4n) is 4.66. The van der Waals surface area contributed by atoms with Crippen molar-refractivity contribution in [3.05, 3.63) is 0 Å². The van der Waals surface area contributed by atoms with Gasteiger partial charge in [-0.05, 0) is 58.2 Å². The molecule has 0 radical (unpaired) electrons. The van der Waals surface area contributed by atoms with Gasteiger partial charge in [0, 0.05) is 18.6 Å². The molecule has 1 saturated carbocycles. The minimum atomic E-state index is 0.262. The van der Waals surface area contributed by atoms with E-state index in [2.05, 4.69) is 15.1 Å². The Hall–Kier alpha value is -0.610. The van der Waals surface area contributed by atoms with Crippen LogP contribution in [-0.2, 0) is 4.79 Å². The van der Waals surface area contributed by atoms with Gasteiger partial charge < -0.3 is 5.32 Å². The number of hydrogen-bond donors (Lipinski definition) is 1. The van der Waals surface area contributed by atoms with Crippen LogP contribution in [0.3, 0.4) is 0 Å². The first-order valence-electron chi connectivity index (χ1n) is 10.1. The van der Waals surface area contributed by atoms with E-state index in [1.807, 2.05) is 0 Å². The monoisotopic (exact) mass is 321 g/mol. The van der Waals surface area contributed by atoms with E-state index in [1.54, 1.807) is 0 Å². The highest BCUT2D eigenvalue weighted by molar-refractivity contribution is 5.78. The van der Waals surface area contributed by atoms with Crippen LogP contribution in [-0.4, -0.2) is 60.5 Å². The highest BCUT2D eigenvalue weighted by atomic mass is 16.2. The molecule has 2 heterocycles. The fraction of sp³-hybridized carbons (Fsp3) is 0.947. The molecule has 2 aliphatic heterocycles. The van der Waals surface area contributed by atoms with E-state index in [4.69, 9.17) is 0 Å². The van der Waals surface area contributed by atoms with Crippen LogP contribution in [0.25, 0.3) is 0 Å².